The van der Waals surface area contributed by atoms with E-state index in [0.29, 0.717) is 21.9 Å². The third-order valence-corrected chi connectivity index (χ3v) is 8.00. The summed E-state index contributed by atoms with van der Waals surface area (Å²) in [5, 5.41) is 27.0. The van der Waals surface area contributed by atoms with Crippen molar-refractivity contribution in [3.63, 3.8) is 0 Å². The van der Waals surface area contributed by atoms with E-state index in [4.69, 9.17) is 9.47 Å². The van der Waals surface area contributed by atoms with Gasteiger partial charge in [0, 0.05) is 47.0 Å². The van der Waals surface area contributed by atoms with Crippen LogP contribution >= 0.6 is 0 Å². The minimum absolute atomic E-state index is 0.00691. The monoisotopic (exact) mass is 646 g/mol. The van der Waals surface area contributed by atoms with Gasteiger partial charge in [-0.05, 0) is 58.7 Å². The fourth-order valence-corrected chi connectivity index (χ4v) is 5.52. The summed E-state index contributed by atoms with van der Waals surface area (Å²) in [6.07, 6.45) is 2.64. The predicted octanol–water partition coefficient (Wildman–Crippen LogP) is 5.37. The molecule has 0 unspecified atom stereocenters. The molecule has 4 aromatic carbocycles. The molecule has 0 spiro atoms. The van der Waals surface area contributed by atoms with Gasteiger partial charge in [0.1, 0.15) is 36.8 Å². The van der Waals surface area contributed by atoms with E-state index in [9.17, 15) is 24.6 Å². The van der Waals surface area contributed by atoms with Crippen molar-refractivity contribution in [3.05, 3.63) is 132 Å². The molecule has 11 nitrogen and oxygen atoms in total. The molecule has 2 atom stereocenters. The van der Waals surface area contributed by atoms with E-state index in [2.05, 4.69) is 20.6 Å². The molecular formula is C37H34N4O7. The number of amides is 2. The number of phenols is 2. The number of alkyl carbamates (subject to hydrolysis) is 1. The molecule has 2 aromatic heterocycles. The highest BCUT2D eigenvalue weighted by molar-refractivity contribution is 5.92. The third kappa shape index (κ3) is 7.76. The lowest BCUT2D eigenvalue weighted by molar-refractivity contribution is -0.149. The highest BCUT2D eigenvalue weighted by atomic mass is 16.5. The number of nitrogens with one attached hydrogen (secondary N) is 4. The molecule has 48 heavy (non-hydrogen) atoms. The average molecular weight is 647 g/mol. The molecule has 244 valence electrons. The minimum Gasteiger partial charge on any atom is -0.508 e. The molecule has 0 aliphatic rings. The Bertz CT molecular complexity index is 2040. The Morgan fingerprint density at radius 3 is 1.67 bits per heavy atom. The zero-order valence-electron chi connectivity index (χ0n) is 25.8. The lowest BCUT2D eigenvalue weighted by atomic mass is 10.0. The Morgan fingerprint density at radius 2 is 1.12 bits per heavy atom. The Kier molecular flexibility index (Phi) is 9.56. The molecule has 0 saturated heterocycles. The highest BCUT2D eigenvalue weighted by Gasteiger charge is 2.30. The van der Waals surface area contributed by atoms with Gasteiger partial charge in [-0.15, -0.1) is 0 Å². The largest absolute Gasteiger partial charge is 0.508 e. The van der Waals surface area contributed by atoms with Crippen LogP contribution in [0.2, 0.25) is 0 Å². The van der Waals surface area contributed by atoms with Crippen LogP contribution in [0.25, 0.3) is 21.8 Å². The number of aromatic amines is 2. The summed E-state index contributed by atoms with van der Waals surface area (Å²) in [4.78, 5) is 46.8. The summed E-state index contributed by atoms with van der Waals surface area (Å²) in [6, 6.07) is 25.6. The second kappa shape index (κ2) is 14.5. The number of fused-ring (bicyclic) bond motifs is 2. The topological polar surface area (TPSA) is 166 Å². The zero-order chi connectivity index (χ0) is 33.5. The molecular weight excluding hydrogens is 612 g/mol. The number of rotatable bonds is 12. The van der Waals surface area contributed by atoms with Gasteiger partial charge < -0.3 is 40.3 Å². The van der Waals surface area contributed by atoms with Crippen molar-refractivity contribution in [2.45, 2.75) is 38.1 Å². The van der Waals surface area contributed by atoms with Gasteiger partial charge in [-0.1, -0.05) is 60.7 Å². The van der Waals surface area contributed by atoms with Crippen LogP contribution in [-0.2, 0) is 45.1 Å². The second-order valence-corrected chi connectivity index (χ2v) is 11.4. The van der Waals surface area contributed by atoms with Gasteiger partial charge in [0.25, 0.3) is 0 Å². The number of benzene rings is 4. The van der Waals surface area contributed by atoms with Crippen LogP contribution in [0.3, 0.4) is 0 Å². The summed E-state index contributed by atoms with van der Waals surface area (Å²) in [6.45, 7) is -0.0170. The lowest BCUT2D eigenvalue weighted by Gasteiger charge is -2.23. The molecule has 0 radical (unpaired) electrons. The predicted molar refractivity (Wildman–Crippen MR) is 179 cm³/mol. The van der Waals surface area contributed by atoms with Crippen LogP contribution in [0.4, 0.5) is 4.79 Å². The van der Waals surface area contributed by atoms with Gasteiger partial charge >= 0.3 is 12.1 Å². The minimum atomic E-state index is -1.17. The van der Waals surface area contributed by atoms with Crippen LogP contribution in [0, 0.1) is 0 Å². The molecule has 2 heterocycles. The Morgan fingerprint density at radius 1 is 0.625 bits per heavy atom. The summed E-state index contributed by atoms with van der Waals surface area (Å²) in [5.41, 5.74) is 4.34. The Balaban J connectivity index is 1.25. The second-order valence-electron chi connectivity index (χ2n) is 11.4. The summed E-state index contributed by atoms with van der Waals surface area (Å²) in [5.74, 6) is -1.22. The number of esters is 1. The number of hydrogen-bond donors (Lipinski definition) is 6. The summed E-state index contributed by atoms with van der Waals surface area (Å²) < 4.78 is 11.1. The van der Waals surface area contributed by atoms with E-state index < -0.39 is 30.1 Å². The zero-order valence-corrected chi connectivity index (χ0v) is 25.8. The number of aromatic hydroxyl groups is 2. The lowest BCUT2D eigenvalue weighted by Crippen LogP contribution is -2.53. The third-order valence-electron chi connectivity index (χ3n) is 8.00. The van der Waals surface area contributed by atoms with Crippen LogP contribution < -0.4 is 10.6 Å². The normalized spacial score (nSPS) is 12.3. The number of H-pyrrole nitrogens is 2. The summed E-state index contributed by atoms with van der Waals surface area (Å²) in [7, 11) is 0. The van der Waals surface area contributed by atoms with Crippen LogP contribution in [0.5, 0.6) is 11.5 Å². The van der Waals surface area contributed by atoms with Crippen molar-refractivity contribution in [3.8, 4) is 11.5 Å². The van der Waals surface area contributed by atoms with E-state index in [-0.39, 0.29) is 37.6 Å². The first-order valence-corrected chi connectivity index (χ1v) is 15.4. The van der Waals surface area contributed by atoms with Gasteiger partial charge in [-0.25, -0.2) is 9.59 Å². The molecule has 0 fully saturated rings. The van der Waals surface area contributed by atoms with E-state index >= 15 is 0 Å². The fourth-order valence-electron chi connectivity index (χ4n) is 5.52. The van der Waals surface area contributed by atoms with Crippen molar-refractivity contribution in [2.24, 2.45) is 0 Å². The highest BCUT2D eigenvalue weighted by Crippen LogP contribution is 2.26. The molecule has 0 aliphatic heterocycles. The first kappa shape index (κ1) is 31.7. The quantitative estimate of drug-likeness (QED) is 0.0973. The first-order chi connectivity index (χ1) is 23.3. The van der Waals surface area contributed by atoms with Crippen LogP contribution in [-0.4, -0.2) is 50.2 Å². The Labute approximate surface area is 275 Å². The van der Waals surface area contributed by atoms with Crippen molar-refractivity contribution >= 4 is 39.8 Å². The van der Waals surface area contributed by atoms with E-state index in [1.165, 1.54) is 0 Å². The van der Waals surface area contributed by atoms with Gasteiger partial charge in [0.2, 0.25) is 5.91 Å². The van der Waals surface area contributed by atoms with Gasteiger partial charge in [-0.2, -0.15) is 0 Å². The SMILES string of the molecule is O=C(N[C@@H](Cc1c[nH]c2ccc(O)cc12)C(=O)N[C@@H](Cc1c[nH]c2ccc(O)cc12)C(=O)OCc1ccccc1)OCc1ccccc1. The van der Waals surface area contributed by atoms with Crippen molar-refractivity contribution in [2.75, 3.05) is 0 Å². The van der Waals surface area contributed by atoms with Crippen molar-refractivity contribution in [1.82, 2.24) is 20.6 Å². The first-order valence-electron chi connectivity index (χ1n) is 15.4. The molecule has 6 N–H and O–H groups in total. The number of carbonyl (C=O) groups excluding carboxylic acids is 3. The standard InChI is InChI=1S/C37H34N4O7/c42-27-11-13-31-29(17-27)25(19-38-31)15-33(41-37(46)48-22-24-9-5-2-6-10-24)35(44)40-34(36(45)47-21-23-7-3-1-4-8-23)16-26-20-39-32-14-12-28(43)18-30(26)32/h1-14,17-20,33-34,38-39,42-43H,15-16,21-22H2,(H,40,44)(H,41,46)/t33-,34-/m0/s1. The molecule has 0 saturated carbocycles. The maximum atomic E-state index is 14.0. The number of ether oxygens (including phenoxy) is 2. The van der Waals surface area contributed by atoms with Crippen LogP contribution in [0.1, 0.15) is 22.3 Å². The maximum Gasteiger partial charge on any atom is 0.408 e. The molecule has 0 aliphatic carbocycles. The van der Waals surface area contributed by atoms with E-state index in [0.717, 1.165) is 22.2 Å². The average Bonchev–Trinajstić information content (AvgIpc) is 3.69. The number of carbonyl (C=O) groups is 3. The van der Waals surface area contributed by atoms with E-state index in [1.807, 2.05) is 60.7 Å². The van der Waals surface area contributed by atoms with Gasteiger partial charge in [-0.3, -0.25) is 4.79 Å². The molecule has 6 aromatic rings. The van der Waals surface area contributed by atoms with Crippen molar-refractivity contribution < 1.29 is 34.1 Å². The van der Waals surface area contributed by atoms with Gasteiger partial charge in [0.15, 0.2) is 0 Å². The molecule has 2 amide bonds. The molecule has 6 rings (SSSR count). The fraction of sp³-hybridized carbons (Fsp3) is 0.162. The molecule has 0 bridgehead atoms. The molecule has 11 heteroatoms. The Hall–Kier alpha value is -6.23. The summed E-state index contributed by atoms with van der Waals surface area (Å²) >= 11 is 0. The van der Waals surface area contributed by atoms with E-state index in [1.54, 1.807) is 48.8 Å². The smallest absolute Gasteiger partial charge is 0.408 e. The maximum absolute atomic E-state index is 14.0. The number of hydrogen-bond acceptors (Lipinski definition) is 7. The number of aromatic nitrogens is 2. The number of phenolic OH excluding ortho intramolecular Hbond substituents is 2. The van der Waals surface area contributed by atoms with Gasteiger partial charge in [0.05, 0.1) is 0 Å². The van der Waals surface area contributed by atoms with Crippen molar-refractivity contribution in [1.29, 1.82) is 0 Å². The van der Waals surface area contributed by atoms with Crippen LogP contribution in [0.15, 0.2) is 109 Å².